The van der Waals surface area contributed by atoms with Gasteiger partial charge in [0.25, 0.3) is 0 Å². The zero-order chi connectivity index (χ0) is 10.3. The summed E-state index contributed by atoms with van der Waals surface area (Å²) in [6, 6.07) is 8.71. The predicted octanol–water partition coefficient (Wildman–Crippen LogP) is 3.56. The first kappa shape index (κ1) is 9.54. The van der Waals surface area contributed by atoms with Crippen molar-refractivity contribution in [2.24, 2.45) is 0 Å². The molecule has 1 aromatic rings. The molecule has 0 saturated carbocycles. The summed E-state index contributed by atoms with van der Waals surface area (Å²) in [6.07, 6.45) is 10.3. The van der Waals surface area contributed by atoms with Gasteiger partial charge in [0.2, 0.25) is 0 Å². The third kappa shape index (κ3) is 1.54. The van der Waals surface area contributed by atoms with Crippen molar-refractivity contribution in [2.45, 2.75) is 12.3 Å². The molecule has 1 atom stereocenters. The van der Waals surface area contributed by atoms with Crippen molar-refractivity contribution in [3.8, 4) is 0 Å². The number of fused-ring (bicyclic) bond motifs is 1. The number of benzene rings is 1. The number of rotatable bonds is 1. The molecular formula is C14H11Zr. The van der Waals surface area contributed by atoms with Crippen molar-refractivity contribution in [1.29, 1.82) is 0 Å². The summed E-state index contributed by atoms with van der Waals surface area (Å²) < 4.78 is 1.61. The van der Waals surface area contributed by atoms with Crippen LogP contribution in [0.15, 0.2) is 51.3 Å². The molecule has 1 aromatic carbocycles. The van der Waals surface area contributed by atoms with Crippen LogP contribution in [0.25, 0.3) is 6.08 Å². The molecule has 1 heteroatoms. The minimum absolute atomic E-state index is 0.522. The molecule has 2 aliphatic rings. The van der Waals surface area contributed by atoms with Gasteiger partial charge in [0.15, 0.2) is 0 Å². The van der Waals surface area contributed by atoms with Gasteiger partial charge in [0.1, 0.15) is 0 Å². The number of hydrogen-bond donors (Lipinski definition) is 0. The third-order valence-electron chi connectivity index (χ3n) is 3.10. The molecule has 0 aliphatic heterocycles. The molecule has 0 amide bonds. The van der Waals surface area contributed by atoms with Gasteiger partial charge in [-0.2, -0.15) is 0 Å². The number of hydrogen-bond acceptors (Lipinski definition) is 0. The van der Waals surface area contributed by atoms with Crippen LogP contribution < -0.4 is 0 Å². The van der Waals surface area contributed by atoms with Gasteiger partial charge in [-0.1, -0.05) is 0 Å². The number of allylic oxidation sites excluding steroid dienone is 5. The topological polar surface area (TPSA) is 0 Å². The van der Waals surface area contributed by atoms with E-state index in [4.69, 9.17) is 0 Å². The Morgan fingerprint density at radius 2 is 2.00 bits per heavy atom. The molecule has 3 rings (SSSR count). The molecule has 2 aliphatic carbocycles. The van der Waals surface area contributed by atoms with E-state index in [1.54, 1.807) is 28.0 Å². The molecule has 0 bridgehead atoms. The Balaban J connectivity index is 2.08. The predicted molar refractivity (Wildman–Crippen MR) is 59.0 cm³/mol. The molecule has 1 unspecified atom stereocenters. The van der Waals surface area contributed by atoms with Crippen LogP contribution in [0.4, 0.5) is 0 Å². The van der Waals surface area contributed by atoms with Gasteiger partial charge >= 0.3 is 106 Å². The molecular weight excluding hydrogens is 259 g/mol. The van der Waals surface area contributed by atoms with Crippen molar-refractivity contribution < 1.29 is 24.7 Å². The second-order valence-electron chi connectivity index (χ2n) is 4.01. The Bertz CT molecular complexity index is 492. The first-order valence-corrected chi connectivity index (χ1v) is 6.47. The fraction of sp³-hybridized carbons (Fsp3) is 0.143. The van der Waals surface area contributed by atoms with Crippen molar-refractivity contribution in [1.82, 2.24) is 0 Å². The van der Waals surface area contributed by atoms with E-state index in [-0.39, 0.29) is 0 Å². The summed E-state index contributed by atoms with van der Waals surface area (Å²) in [4.78, 5) is 0. The Morgan fingerprint density at radius 1 is 1.13 bits per heavy atom. The molecule has 0 heterocycles. The zero-order valence-electron chi connectivity index (χ0n) is 8.40. The Morgan fingerprint density at radius 3 is 2.80 bits per heavy atom. The van der Waals surface area contributed by atoms with Gasteiger partial charge in [-0.3, -0.25) is 0 Å². The molecule has 0 saturated heterocycles. The molecule has 0 aromatic heterocycles. The summed E-state index contributed by atoms with van der Waals surface area (Å²) in [5.41, 5.74) is 4.40. The summed E-state index contributed by atoms with van der Waals surface area (Å²) in [7, 11) is 0. The van der Waals surface area contributed by atoms with E-state index in [2.05, 4.69) is 48.6 Å². The van der Waals surface area contributed by atoms with E-state index in [0.717, 1.165) is 0 Å². The van der Waals surface area contributed by atoms with Crippen LogP contribution in [0.2, 0.25) is 0 Å². The molecule has 0 N–H and O–H groups in total. The monoisotopic (exact) mass is 269 g/mol. The van der Waals surface area contributed by atoms with Crippen molar-refractivity contribution in [3.63, 3.8) is 0 Å². The van der Waals surface area contributed by atoms with Gasteiger partial charge in [-0.25, -0.2) is 0 Å². The second kappa shape index (κ2) is 3.72. The molecule has 71 valence electrons. The fourth-order valence-electron chi connectivity index (χ4n) is 2.33. The van der Waals surface area contributed by atoms with E-state index in [1.165, 1.54) is 23.1 Å². The van der Waals surface area contributed by atoms with Crippen LogP contribution in [0.5, 0.6) is 0 Å². The summed E-state index contributed by atoms with van der Waals surface area (Å²) in [5, 5.41) is 0. The van der Waals surface area contributed by atoms with Crippen LogP contribution in [-0.2, 0) is 24.7 Å². The average molecular weight is 270 g/mol. The molecule has 0 spiro atoms. The van der Waals surface area contributed by atoms with E-state index in [0.29, 0.717) is 5.92 Å². The summed E-state index contributed by atoms with van der Waals surface area (Å²) in [5.74, 6) is 0.522. The fourth-order valence-corrected chi connectivity index (χ4v) is 3.21. The quantitative estimate of drug-likeness (QED) is 0.732. The van der Waals surface area contributed by atoms with Gasteiger partial charge in [0.05, 0.1) is 0 Å². The molecule has 0 fully saturated rings. The molecule has 0 nitrogen and oxygen atoms in total. The standard InChI is InChI=1S/C14H11.Zr/c1-2-6-11(5-1)14-10-9-12-7-3-4-8-13(12)14;/h1,3-5,7-10,14H,2H2;. The van der Waals surface area contributed by atoms with Gasteiger partial charge in [-0.05, 0) is 0 Å². The first-order chi connectivity index (χ1) is 7.36. The Hall–Kier alpha value is -0.677. The van der Waals surface area contributed by atoms with E-state index in [1.807, 2.05) is 0 Å². The second-order valence-corrected chi connectivity index (χ2v) is 5.49. The average Bonchev–Trinajstić information content (AvgIpc) is 2.83. The van der Waals surface area contributed by atoms with E-state index < -0.39 is 0 Å². The van der Waals surface area contributed by atoms with E-state index in [9.17, 15) is 0 Å². The molecule has 0 radical (unpaired) electrons. The maximum atomic E-state index is 2.33. The SMILES string of the molecule is [Zr][C]1=C(C2C=Cc3ccccc32)C=CC1. The van der Waals surface area contributed by atoms with Gasteiger partial charge in [-0.15, -0.1) is 0 Å². The Labute approximate surface area is 105 Å². The van der Waals surface area contributed by atoms with Crippen molar-refractivity contribution in [3.05, 3.63) is 62.5 Å². The third-order valence-corrected chi connectivity index (χ3v) is 4.31. The zero-order valence-corrected chi connectivity index (χ0v) is 10.9. The minimum atomic E-state index is 0.522. The van der Waals surface area contributed by atoms with Crippen LogP contribution in [0, 0.1) is 0 Å². The van der Waals surface area contributed by atoms with Crippen molar-refractivity contribution >= 4 is 6.08 Å². The van der Waals surface area contributed by atoms with Crippen LogP contribution >= 0.6 is 0 Å². The summed E-state index contributed by atoms with van der Waals surface area (Å²) in [6.45, 7) is 0. The van der Waals surface area contributed by atoms with Gasteiger partial charge in [0, 0.05) is 0 Å². The normalized spacial score (nSPS) is 22.5. The van der Waals surface area contributed by atoms with E-state index >= 15 is 0 Å². The van der Waals surface area contributed by atoms with Crippen LogP contribution in [0.3, 0.4) is 0 Å². The van der Waals surface area contributed by atoms with Crippen LogP contribution in [-0.4, -0.2) is 0 Å². The molecule has 15 heavy (non-hydrogen) atoms. The van der Waals surface area contributed by atoms with Crippen LogP contribution in [0.1, 0.15) is 23.5 Å². The summed E-state index contributed by atoms with van der Waals surface area (Å²) >= 11 is 1.56. The maximum absolute atomic E-state index is 2.33. The first-order valence-electron chi connectivity index (χ1n) is 5.24. The van der Waals surface area contributed by atoms with Gasteiger partial charge < -0.3 is 0 Å². The van der Waals surface area contributed by atoms with Crippen molar-refractivity contribution in [2.75, 3.05) is 0 Å². The Kier molecular flexibility index (Phi) is 2.37.